The number of carbonyl (C=O) groups is 1. The Morgan fingerprint density at radius 3 is 2.55 bits per heavy atom. The van der Waals surface area contributed by atoms with Crippen molar-refractivity contribution >= 4 is 17.3 Å². The van der Waals surface area contributed by atoms with Gasteiger partial charge in [-0.25, -0.2) is 0 Å². The summed E-state index contributed by atoms with van der Waals surface area (Å²) in [5.41, 5.74) is 2.03. The number of hydrogen-bond acceptors (Lipinski definition) is 4. The maximum atomic E-state index is 12.5. The number of benzene rings is 1. The Labute approximate surface area is 132 Å². The van der Waals surface area contributed by atoms with Crippen molar-refractivity contribution in [2.75, 3.05) is 56.7 Å². The molecule has 0 atom stereocenters. The largest absolute Gasteiger partial charge is 0.378 e. The van der Waals surface area contributed by atoms with E-state index in [4.69, 9.17) is 4.74 Å². The number of carbonyl (C=O) groups excluding carboxylic acids is 1. The van der Waals surface area contributed by atoms with Crippen molar-refractivity contribution in [3.63, 3.8) is 0 Å². The second-order valence-electron chi connectivity index (χ2n) is 6.18. The molecule has 2 heterocycles. The number of nitrogens with zero attached hydrogens (tertiary/aromatic N) is 2. The summed E-state index contributed by atoms with van der Waals surface area (Å²) in [6.07, 6.45) is 1.89. The molecule has 5 heteroatoms. The van der Waals surface area contributed by atoms with Gasteiger partial charge in [0, 0.05) is 19.0 Å². The fraction of sp³-hybridized carbons (Fsp3) is 0.588. The van der Waals surface area contributed by atoms with Crippen molar-refractivity contribution in [3.05, 3.63) is 24.3 Å². The number of nitrogens with one attached hydrogen (secondary N) is 1. The van der Waals surface area contributed by atoms with Crippen molar-refractivity contribution in [2.24, 2.45) is 5.92 Å². The topological polar surface area (TPSA) is 44.8 Å². The van der Waals surface area contributed by atoms with Crippen LogP contribution in [0.25, 0.3) is 0 Å². The predicted octanol–water partition coefficient (Wildman–Crippen LogP) is 1.80. The summed E-state index contributed by atoms with van der Waals surface area (Å²) in [6, 6.07) is 8.08. The van der Waals surface area contributed by atoms with Crippen LogP contribution in [0.1, 0.15) is 12.8 Å². The first-order valence-corrected chi connectivity index (χ1v) is 8.15. The molecule has 0 aliphatic carbocycles. The number of piperidine rings is 1. The number of anilines is 2. The number of likely N-dealkylation sites (tertiary alicyclic amines) is 1. The van der Waals surface area contributed by atoms with Gasteiger partial charge < -0.3 is 19.9 Å². The Hall–Kier alpha value is -1.59. The summed E-state index contributed by atoms with van der Waals surface area (Å²) < 4.78 is 5.41. The van der Waals surface area contributed by atoms with Crippen molar-refractivity contribution < 1.29 is 9.53 Å². The lowest BCUT2D eigenvalue weighted by molar-refractivity contribution is -0.121. The number of rotatable bonds is 3. The van der Waals surface area contributed by atoms with Crippen LogP contribution in [0.2, 0.25) is 0 Å². The van der Waals surface area contributed by atoms with Crippen LogP contribution in [0.15, 0.2) is 24.3 Å². The Bertz CT molecular complexity index is 506. The molecule has 3 rings (SSSR count). The van der Waals surface area contributed by atoms with Crippen LogP contribution in [0.5, 0.6) is 0 Å². The van der Waals surface area contributed by atoms with Gasteiger partial charge in [-0.15, -0.1) is 0 Å². The lowest BCUT2D eigenvalue weighted by Gasteiger charge is -2.31. The first kappa shape index (κ1) is 15.3. The molecule has 2 aliphatic heterocycles. The van der Waals surface area contributed by atoms with Crippen molar-refractivity contribution in [1.29, 1.82) is 0 Å². The molecule has 0 aromatic heterocycles. The molecule has 1 N–H and O–H groups in total. The summed E-state index contributed by atoms with van der Waals surface area (Å²) in [5, 5.41) is 3.15. The Morgan fingerprint density at radius 2 is 1.82 bits per heavy atom. The third kappa shape index (κ3) is 3.59. The van der Waals surface area contributed by atoms with Crippen LogP contribution in [-0.2, 0) is 9.53 Å². The van der Waals surface area contributed by atoms with Gasteiger partial charge in [0.2, 0.25) is 5.91 Å². The highest BCUT2D eigenvalue weighted by atomic mass is 16.5. The van der Waals surface area contributed by atoms with Gasteiger partial charge in [0.1, 0.15) is 0 Å². The molecule has 1 amide bonds. The third-order valence-corrected chi connectivity index (χ3v) is 4.60. The Kier molecular flexibility index (Phi) is 4.95. The minimum absolute atomic E-state index is 0.133. The Morgan fingerprint density at radius 1 is 1.14 bits per heavy atom. The van der Waals surface area contributed by atoms with Crippen LogP contribution in [-0.4, -0.2) is 57.2 Å². The van der Waals surface area contributed by atoms with E-state index >= 15 is 0 Å². The van der Waals surface area contributed by atoms with E-state index in [0.717, 1.165) is 63.6 Å². The van der Waals surface area contributed by atoms with E-state index in [-0.39, 0.29) is 11.8 Å². The smallest absolute Gasteiger partial charge is 0.227 e. The van der Waals surface area contributed by atoms with E-state index in [1.165, 1.54) is 0 Å². The summed E-state index contributed by atoms with van der Waals surface area (Å²) in [5.74, 6) is 0.294. The van der Waals surface area contributed by atoms with Gasteiger partial charge in [0.05, 0.1) is 24.6 Å². The van der Waals surface area contributed by atoms with Crippen molar-refractivity contribution in [3.8, 4) is 0 Å². The fourth-order valence-electron chi connectivity index (χ4n) is 3.16. The molecule has 120 valence electrons. The number of morpholine rings is 1. The average Bonchev–Trinajstić information content (AvgIpc) is 2.57. The maximum Gasteiger partial charge on any atom is 0.227 e. The first-order valence-electron chi connectivity index (χ1n) is 8.15. The highest BCUT2D eigenvalue weighted by Crippen LogP contribution is 2.28. The molecule has 2 aliphatic rings. The van der Waals surface area contributed by atoms with Gasteiger partial charge in [-0.05, 0) is 45.1 Å². The molecule has 2 saturated heterocycles. The predicted molar refractivity (Wildman–Crippen MR) is 88.3 cm³/mol. The molecule has 0 saturated carbocycles. The number of ether oxygens (including phenoxy) is 1. The molecular weight excluding hydrogens is 278 g/mol. The summed E-state index contributed by atoms with van der Waals surface area (Å²) in [7, 11) is 2.11. The minimum Gasteiger partial charge on any atom is -0.378 e. The van der Waals surface area contributed by atoms with E-state index in [9.17, 15) is 4.79 Å². The Balaban J connectivity index is 1.68. The average molecular weight is 303 g/mol. The van der Waals surface area contributed by atoms with Crippen LogP contribution in [0, 0.1) is 5.92 Å². The molecule has 5 nitrogen and oxygen atoms in total. The van der Waals surface area contributed by atoms with Crippen LogP contribution >= 0.6 is 0 Å². The van der Waals surface area contributed by atoms with Gasteiger partial charge >= 0.3 is 0 Å². The molecule has 1 aromatic carbocycles. The summed E-state index contributed by atoms with van der Waals surface area (Å²) in [6.45, 7) is 5.25. The first-order chi connectivity index (χ1) is 10.7. The second kappa shape index (κ2) is 7.11. The van der Waals surface area contributed by atoms with Gasteiger partial charge in [-0.2, -0.15) is 0 Å². The fourth-order valence-corrected chi connectivity index (χ4v) is 3.16. The molecule has 0 bridgehead atoms. The van der Waals surface area contributed by atoms with E-state index < -0.39 is 0 Å². The van der Waals surface area contributed by atoms with E-state index in [1.54, 1.807) is 0 Å². The SMILES string of the molecule is CN1CCC(C(=O)Nc2ccccc2N2CCOCC2)CC1. The summed E-state index contributed by atoms with van der Waals surface area (Å²) >= 11 is 0. The number of amides is 1. The third-order valence-electron chi connectivity index (χ3n) is 4.60. The highest BCUT2D eigenvalue weighted by Gasteiger charge is 2.24. The van der Waals surface area contributed by atoms with Gasteiger partial charge in [-0.3, -0.25) is 4.79 Å². The molecule has 0 spiro atoms. The lowest BCUT2D eigenvalue weighted by atomic mass is 9.96. The number of para-hydroxylation sites is 2. The standard InChI is InChI=1S/C17H25N3O2/c1-19-8-6-14(7-9-19)17(21)18-15-4-2-3-5-16(15)20-10-12-22-13-11-20/h2-5,14H,6-13H2,1H3,(H,18,21). The van der Waals surface area contributed by atoms with E-state index in [1.807, 2.05) is 18.2 Å². The zero-order chi connectivity index (χ0) is 15.4. The van der Waals surface area contributed by atoms with Crippen molar-refractivity contribution in [1.82, 2.24) is 4.90 Å². The lowest BCUT2D eigenvalue weighted by Crippen LogP contribution is -2.38. The zero-order valence-electron chi connectivity index (χ0n) is 13.3. The zero-order valence-corrected chi connectivity index (χ0v) is 13.3. The normalized spacial score (nSPS) is 20.9. The van der Waals surface area contributed by atoms with Crippen LogP contribution in [0.3, 0.4) is 0 Å². The van der Waals surface area contributed by atoms with Gasteiger partial charge in [0.25, 0.3) is 0 Å². The molecule has 2 fully saturated rings. The summed E-state index contributed by atoms with van der Waals surface area (Å²) in [4.78, 5) is 17.1. The molecule has 0 radical (unpaired) electrons. The molecule has 22 heavy (non-hydrogen) atoms. The highest BCUT2D eigenvalue weighted by molar-refractivity contribution is 5.95. The van der Waals surface area contributed by atoms with Crippen LogP contribution in [0.4, 0.5) is 11.4 Å². The number of hydrogen-bond donors (Lipinski definition) is 1. The quantitative estimate of drug-likeness (QED) is 0.925. The van der Waals surface area contributed by atoms with E-state index in [2.05, 4.69) is 28.2 Å². The second-order valence-corrected chi connectivity index (χ2v) is 6.18. The van der Waals surface area contributed by atoms with E-state index in [0.29, 0.717) is 0 Å². The molecule has 1 aromatic rings. The monoisotopic (exact) mass is 303 g/mol. The molecule has 0 unspecified atom stereocenters. The minimum atomic E-state index is 0.133. The van der Waals surface area contributed by atoms with Gasteiger partial charge in [-0.1, -0.05) is 12.1 Å². The van der Waals surface area contributed by atoms with Gasteiger partial charge in [0.15, 0.2) is 0 Å². The van der Waals surface area contributed by atoms with Crippen LogP contribution < -0.4 is 10.2 Å². The van der Waals surface area contributed by atoms with Crippen molar-refractivity contribution in [2.45, 2.75) is 12.8 Å². The molecular formula is C17H25N3O2. The maximum absolute atomic E-state index is 12.5.